The average molecular weight is 438 g/mol. The van der Waals surface area contributed by atoms with Crippen LogP contribution in [-0.2, 0) is 20.0 Å². The molecule has 1 amide bonds. The van der Waals surface area contributed by atoms with Crippen LogP contribution >= 0.6 is 0 Å². The molecule has 1 aliphatic rings. The van der Waals surface area contributed by atoms with Crippen molar-refractivity contribution < 1.29 is 21.6 Å². The van der Waals surface area contributed by atoms with Gasteiger partial charge in [-0.05, 0) is 36.8 Å². The molecule has 0 aliphatic carbocycles. The van der Waals surface area contributed by atoms with Crippen LogP contribution in [0.25, 0.3) is 0 Å². The number of hydrogen-bond donors (Lipinski definition) is 1. The monoisotopic (exact) mass is 437 g/mol. The van der Waals surface area contributed by atoms with Crippen molar-refractivity contribution in [3.8, 4) is 0 Å². The molecule has 0 spiro atoms. The van der Waals surface area contributed by atoms with E-state index >= 15 is 0 Å². The zero-order valence-electron chi connectivity index (χ0n) is 16.2. The van der Waals surface area contributed by atoms with Gasteiger partial charge >= 0.3 is 0 Å². The smallest absolute Gasteiger partial charge is 0.254 e. The van der Waals surface area contributed by atoms with Gasteiger partial charge in [-0.2, -0.15) is 4.31 Å². The molecule has 2 aromatic carbocycles. The van der Waals surface area contributed by atoms with E-state index in [1.54, 1.807) is 60.4 Å². The molecule has 0 aromatic heterocycles. The fourth-order valence-corrected chi connectivity index (χ4v) is 5.28. The highest BCUT2D eigenvalue weighted by Crippen LogP contribution is 2.23. The predicted molar refractivity (Wildman–Crippen MR) is 111 cm³/mol. The summed E-state index contributed by atoms with van der Waals surface area (Å²) in [6.45, 7) is 2.59. The molecule has 1 heterocycles. The van der Waals surface area contributed by atoms with Crippen molar-refractivity contribution in [1.82, 2.24) is 9.21 Å². The molecule has 1 saturated heterocycles. The third-order valence-electron chi connectivity index (χ3n) is 4.77. The third-order valence-corrected chi connectivity index (χ3v) is 7.27. The standard InChI is InChI=1S/C19H23N3O5S2/c1-15-17(9-6-10-18(15)20-28(2,24)25)19(23)21-11-13-22(14-12-21)29(26,27)16-7-4-3-5-8-16/h3-10,20H,11-14H2,1-2H3. The number of anilines is 1. The highest BCUT2D eigenvalue weighted by molar-refractivity contribution is 7.92. The van der Waals surface area contributed by atoms with Gasteiger partial charge in [0.05, 0.1) is 16.8 Å². The normalized spacial score (nSPS) is 15.9. The molecule has 8 nitrogen and oxygen atoms in total. The minimum absolute atomic E-state index is 0.198. The zero-order chi connectivity index (χ0) is 21.2. The van der Waals surface area contributed by atoms with Crippen molar-refractivity contribution in [2.45, 2.75) is 11.8 Å². The Balaban J connectivity index is 1.73. The molecule has 3 rings (SSSR count). The van der Waals surface area contributed by atoms with Crippen LogP contribution in [0.4, 0.5) is 5.69 Å². The third kappa shape index (κ3) is 4.77. The minimum Gasteiger partial charge on any atom is -0.336 e. The van der Waals surface area contributed by atoms with Crippen LogP contribution in [0.15, 0.2) is 53.4 Å². The first-order chi connectivity index (χ1) is 13.6. The summed E-state index contributed by atoms with van der Waals surface area (Å²) in [4.78, 5) is 14.8. The van der Waals surface area contributed by atoms with Crippen LogP contribution in [0.5, 0.6) is 0 Å². The average Bonchev–Trinajstić information content (AvgIpc) is 2.69. The van der Waals surface area contributed by atoms with E-state index in [2.05, 4.69) is 4.72 Å². The molecule has 29 heavy (non-hydrogen) atoms. The SMILES string of the molecule is Cc1c(NS(C)(=O)=O)cccc1C(=O)N1CCN(S(=O)(=O)c2ccccc2)CC1. The molecule has 0 bridgehead atoms. The maximum atomic E-state index is 12.9. The summed E-state index contributed by atoms with van der Waals surface area (Å²) in [5, 5.41) is 0. The van der Waals surface area contributed by atoms with Gasteiger partial charge in [0.1, 0.15) is 0 Å². The molecule has 156 valence electrons. The van der Waals surface area contributed by atoms with Crippen LogP contribution in [0.3, 0.4) is 0 Å². The summed E-state index contributed by atoms with van der Waals surface area (Å²) >= 11 is 0. The van der Waals surface area contributed by atoms with Crippen LogP contribution in [0.2, 0.25) is 0 Å². The summed E-state index contributed by atoms with van der Waals surface area (Å²) in [7, 11) is -7.06. The minimum atomic E-state index is -3.59. The zero-order valence-corrected chi connectivity index (χ0v) is 17.8. The highest BCUT2D eigenvalue weighted by atomic mass is 32.2. The highest BCUT2D eigenvalue weighted by Gasteiger charge is 2.30. The molecule has 0 atom stereocenters. The molecular formula is C19H23N3O5S2. The molecule has 0 unspecified atom stereocenters. The lowest BCUT2D eigenvalue weighted by atomic mass is 10.1. The van der Waals surface area contributed by atoms with Crippen LogP contribution < -0.4 is 4.72 Å². The van der Waals surface area contributed by atoms with Gasteiger partial charge in [-0.1, -0.05) is 24.3 Å². The van der Waals surface area contributed by atoms with Gasteiger partial charge in [0.2, 0.25) is 20.0 Å². The number of hydrogen-bond acceptors (Lipinski definition) is 5. The molecule has 10 heteroatoms. The van der Waals surface area contributed by atoms with Crippen molar-refractivity contribution in [2.75, 3.05) is 37.2 Å². The fourth-order valence-electron chi connectivity index (χ4n) is 3.22. The Bertz CT molecular complexity index is 1110. The largest absolute Gasteiger partial charge is 0.336 e. The number of carbonyl (C=O) groups is 1. The van der Waals surface area contributed by atoms with Crippen LogP contribution in [-0.4, -0.2) is 64.4 Å². The first-order valence-corrected chi connectivity index (χ1v) is 12.3. The predicted octanol–water partition coefficient (Wildman–Crippen LogP) is 1.51. The first-order valence-electron chi connectivity index (χ1n) is 9.01. The molecule has 0 saturated carbocycles. The van der Waals surface area contributed by atoms with Gasteiger partial charge in [0.15, 0.2) is 0 Å². The van der Waals surface area contributed by atoms with E-state index in [1.807, 2.05) is 0 Å². The van der Waals surface area contributed by atoms with Crippen molar-refractivity contribution in [1.29, 1.82) is 0 Å². The topological polar surface area (TPSA) is 104 Å². The summed E-state index contributed by atoms with van der Waals surface area (Å²) < 4.78 is 52.3. The van der Waals surface area contributed by atoms with E-state index in [9.17, 15) is 21.6 Å². The Morgan fingerprint density at radius 1 is 0.897 bits per heavy atom. The maximum Gasteiger partial charge on any atom is 0.254 e. The molecule has 1 fully saturated rings. The Labute approximate surface area is 171 Å². The van der Waals surface area contributed by atoms with E-state index in [-0.39, 0.29) is 37.0 Å². The van der Waals surface area contributed by atoms with E-state index in [0.717, 1.165) is 6.26 Å². The van der Waals surface area contributed by atoms with E-state index < -0.39 is 20.0 Å². The summed E-state index contributed by atoms with van der Waals surface area (Å²) in [6.07, 6.45) is 1.05. The van der Waals surface area contributed by atoms with Crippen molar-refractivity contribution in [3.63, 3.8) is 0 Å². The summed E-state index contributed by atoms with van der Waals surface area (Å²) in [5.74, 6) is -0.253. The van der Waals surface area contributed by atoms with Gasteiger partial charge in [-0.3, -0.25) is 9.52 Å². The lowest BCUT2D eigenvalue weighted by molar-refractivity contribution is 0.0697. The first kappa shape index (κ1) is 21.3. The maximum absolute atomic E-state index is 12.9. The summed E-state index contributed by atoms with van der Waals surface area (Å²) in [5.41, 5.74) is 1.27. The second-order valence-corrected chi connectivity index (χ2v) is 10.5. The second-order valence-electron chi connectivity index (χ2n) is 6.86. The Morgan fingerprint density at radius 3 is 2.10 bits per heavy atom. The van der Waals surface area contributed by atoms with E-state index in [4.69, 9.17) is 0 Å². The number of piperazine rings is 1. The quantitative estimate of drug-likeness (QED) is 0.764. The molecule has 1 aliphatic heterocycles. The molecule has 0 radical (unpaired) electrons. The van der Waals surface area contributed by atoms with Gasteiger partial charge in [0.25, 0.3) is 5.91 Å². The Hall–Kier alpha value is -2.43. The number of rotatable bonds is 5. The van der Waals surface area contributed by atoms with Crippen molar-refractivity contribution >= 4 is 31.6 Å². The van der Waals surface area contributed by atoms with E-state index in [0.29, 0.717) is 16.8 Å². The molecule has 2 aromatic rings. The number of carbonyl (C=O) groups excluding carboxylic acids is 1. The van der Waals surface area contributed by atoms with Gasteiger partial charge < -0.3 is 4.90 Å². The lowest BCUT2D eigenvalue weighted by Crippen LogP contribution is -2.50. The number of sulfonamides is 2. The number of nitrogens with one attached hydrogen (secondary N) is 1. The number of benzene rings is 2. The number of nitrogens with zero attached hydrogens (tertiary/aromatic N) is 2. The number of amides is 1. The van der Waals surface area contributed by atoms with Gasteiger partial charge in [0, 0.05) is 31.7 Å². The van der Waals surface area contributed by atoms with Crippen molar-refractivity contribution in [3.05, 3.63) is 59.7 Å². The molecule has 1 N–H and O–H groups in total. The van der Waals surface area contributed by atoms with Crippen molar-refractivity contribution in [2.24, 2.45) is 0 Å². The Kier molecular flexibility index (Phi) is 5.97. The molecular weight excluding hydrogens is 414 g/mol. The van der Waals surface area contributed by atoms with Gasteiger partial charge in [-0.15, -0.1) is 0 Å². The Morgan fingerprint density at radius 2 is 1.52 bits per heavy atom. The fraction of sp³-hybridized carbons (Fsp3) is 0.316. The van der Waals surface area contributed by atoms with Crippen LogP contribution in [0, 0.1) is 6.92 Å². The summed E-state index contributed by atoms with van der Waals surface area (Å²) in [6, 6.07) is 13.1. The van der Waals surface area contributed by atoms with Crippen LogP contribution in [0.1, 0.15) is 15.9 Å². The van der Waals surface area contributed by atoms with E-state index in [1.165, 1.54) is 4.31 Å². The lowest BCUT2D eigenvalue weighted by Gasteiger charge is -2.34. The van der Waals surface area contributed by atoms with Gasteiger partial charge in [-0.25, -0.2) is 16.8 Å². The second kappa shape index (κ2) is 8.13.